The first-order valence-corrected chi connectivity index (χ1v) is 51.7. The molecule has 8 aliphatic rings. The molecule has 12 atom stereocenters. The fourth-order valence-electron chi connectivity index (χ4n) is 20.7. The van der Waals surface area contributed by atoms with Crippen LogP contribution in [0.25, 0.3) is 56.3 Å². The van der Waals surface area contributed by atoms with E-state index >= 15 is 0 Å². The molecule has 0 spiro atoms. The number of aliphatic hydroxyl groups excluding tert-OH is 3. The lowest BCUT2D eigenvalue weighted by atomic mass is 9.76. The molecular formula is C112H145F5N18O11. The van der Waals surface area contributed by atoms with Crippen LogP contribution in [0.2, 0.25) is 0 Å². The Morgan fingerprint density at radius 3 is 0.973 bits per heavy atom. The van der Waals surface area contributed by atoms with Crippen LogP contribution >= 0.6 is 0 Å². The normalized spacial score (nSPS) is 22.7. The van der Waals surface area contributed by atoms with Gasteiger partial charge in [-0.05, 0) is 143 Å². The second-order valence-corrected chi connectivity index (χ2v) is 43.8. The molecule has 0 bridgehead atoms. The van der Waals surface area contributed by atoms with Crippen LogP contribution in [0.15, 0.2) is 152 Å². The molecule has 11 heterocycles. The third-order valence-electron chi connectivity index (χ3n) is 29.9. The fraction of sp³-hybridized carbons (Fsp3) is 0.527. The molecule has 34 heteroatoms. The van der Waals surface area contributed by atoms with Gasteiger partial charge < -0.3 is 80.3 Å². The summed E-state index contributed by atoms with van der Waals surface area (Å²) in [5.74, 6) is -5.52. The molecule has 29 nitrogen and oxygen atoms in total. The number of aromatic amines is 5. The number of nitrogens with one attached hydrogen (secondary N) is 7. The van der Waals surface area contributed by atoms with Crippen molar-refractivity contribution >= 4 is 47.3 Å². The van der Waals surface area contributed by atoms with Crippen molar-refractivity contribution in [2.75, 3.05) is 65.5 Å². The monoisotopic (exact) mass is 2010 g/mol. The first-order chi connectivity index (χ1) is 69.3. The number of nitrogens with zero attached hydrogens (tertiary/aromatic N) is 11. The Labute approximate surface area is 852 Å². The van der Waals surface area contributed by atoms with E-state index in [1.54, 1.807) is 18.6 Å². The minimum atomic E-state index is -2.80. The van der Waals surface area contributed by atoms with Crippen LogP contribution in [0.5, 0.6) is 0 Å². The second kappa shape index (κ2) is 47.1. The molecule has 18 rings (SSSR count). The number of benzene rings is 5. The van der Waals surface area contributed by atoms with Crippen LogP contribution in [0.4, 0.5) is 22.0 Å². The second-order valence-electron chi connectivity index (χ2n) is 43.8. The van der Waals surface area contributed by atoms with E-state index in [1.165, 1.54) is 60.3 Å². The SMILES string of the molecule is CCC1CCCCC1C(=O)N[C@H](c1ncc(-c2ccc(C)cc2)[nH]1)C(C)(C)C.Cc1ccc(-c2cnc([C@@H](NC(=O)C3CCCCC3CO)C(C)(C)C)[nH]2)cc1.Cc1ccc(-c2cnc([C@@H]3C[C@@H](O)CN3C(=O)C(=O)N3CCC(C)(F)CC3)[nH]2)cc1.Cc1ccc(-c2cnc([C@@H]3C[C@@H](O)CN3C(=O)C(=O)N3CCC(F)(F)CC3)[nH]2)cc1.Cc1ccc(-c2cnc([C@@H]3C[C@H](C)CN3C(=O)C(=O)N3CCC(F)(F)CC3)[nH]2)cc1. The van der Waals surface area contributed by atoms with Gasteiger partial charge in [0, 0.05) is 116 Å². The van der Waals surface area contributed by atoms with E-state index in [-0.39, 0.29) is 143 Å². The molecule has 6 aliphatic heterocycles. The van der Waals surface area contributed by atoms with Crippen molar-refractivity contribution in [3.05, 3.63) is 209 Å². The van der Waals surface area contributed by atoms with Crippen molar-refractivity contribution in [3.8, 4) is 56.3 Å². The van der Waals surface area contributed by atoms with Gasteiger partial charge in [-0.1, -0.05) is 237 Å². The number of rotatable bonds is 16. The lowest BCUT2D eigenvalue weighted by molar-refractivity contribution is -0.156. The van der Waals surface area contributed by atoms with Gasteiger partial charge in [0.2, 0.25) is 11.8 Å². The van der Waals surface area contributed by atoms with E-state index in [0.717, 1.165) is 130 Å². The predicted molar refractivity (Wildman–Crippen MR) is 548 cm³/mol. The number of alkyl halides is 5. The quantitative estimate of drug-likeness (QED) is 0.0317. The molecule has 10 N–H and O–H groups in total. The number of imidazole rings is 5. The third kappa shape index (κ3) is 27.6. The van der Waals surface area contributed by atoms with Gasteiger partial charge in [-0.3, -0.25) is 38.4 Å². The minimum absolute atomic E-state index is 0.000194. The number of piperidine rings is 3. The molecule has 784 valence electrons. The van der Waals surface area contributed by atoms with Crippen LogP contribution in [0, 0.1) is 75.0 Å². The van der Waals surface area contributed by atoms with Crippen molar-refractivity contribution in [2.24, 2.45) is 40.4 Å². The number of likely N-dealkylation sites (tertiary alicyclic amines) is 6. The van der Waals surface area contributed by atoms with Crippen LogP contribution in [0.1, 0.15) is 265 Å². The van der Waals surface area contributed by atoms with E-state index in [4.69, 9.17) is 0 Å². The van der Waals surface area contributed by atoms with E-state index < -0.39 is 103 Å². The summed E-state index contributed by atoms with van der Waals surface area (Å²) in [6, 6.07) is 38.8. The molecule has 8 amide bonds. The summed E-state index contributed by atoms with van der Waals surface area (Å²) in [7, 11) is 0. The number of carbonyl (C=O) groups excluding carboxylic acids is 8. The Morgan fingerprint density at radius 2 is 0.664 bits per heavy atom. The van der Waals surface area contributed by atoms with Crippen molar-refractivity contribution in [2.45, 2.75) is 272 Å². The summed E-state index contributed by atoms with van der Waals surface area (Å²) in [5, 5.41) is 36.6. The van der Waals surface area contributed by atoms with Gasteiger partial charge in [-0.25, -0.2) is 46.9 Å². The van der Waals surface area contributed by atoms with Crippen LogP contribution < -0.4 is 10.6 Å². The standard InChI is InChI=1S/C24H35N3O.C23H33N3O2.C22H26F2N4O2.C22H27FN4O3.C21H24F2N4O3/c1-6-17-9-7-8-10-19(17)23(28)27-21(24(3,4)5)22-25-15-20(26-22)18-13-11-16(2)12-14-18;1-15-9-11-16(12-10-15)19-13-24-21(25-19)20(23(2,3)4)26-22(28)18-8-6-5-7-17(18)14-27;1-14-3-5-16(6-4-14)17-12-25-19(26-17)18-11-15(2)13-28(18)21(30)20(29)27-9-7-22(23,24)8-10-27;1-14-3-5-15(6-4-14)17-12-24-19(25-17)18-11-16(28)13-27(18)21(30)20(29)26-9-7-22(2,23)8-10-26;1-13-2-4-14(5-3-13)16-11-24-18(25-16)17-10-15(28)12-27(17)20(30)19(29)26-8-6-21(22,23)7-9-26/h11-15,17,19,21H,6-10H2,1-5H3,(H,25,26)(H,27,28);9-13,17-18,20,27H,5-8,14H2,1-4H3,(H,24,25)(H,26,28);3-6,12,15,18H,7-11,13H2,1-2H3,(H,25,26);3-6,12,16,18,28H,7-11,13H2,1-2H3,(H,24,25);2-5,11,15,17,28H,6-10,12H2,1H3,(H,24,25)/t17?,19?,21-;17?,18?,20-;15-,18-;16-,18+;15-,17+/m11011/s1. The van der Waals surface area contributed by atoms with Crippen LogP contribution in [-0.2, 0) is 38.4 Å². The number of H-pyrrole nitrogens is 5. The van der Waals surface area contributed by atoms with E-state index in [9.17, 15) is 75.6 Å². The summed E-state index contributed by atoms with van der Waals surface area (Å²) in [6.45, 7) is 29.3. The lowest BCUT2D eigenvalue weighted by Gasteiger charge is -2.35. The zero-order valence-electron chi connectivity index (χ0n) is 86.6. The first-order valence-electron chi connectivity index (χ1n) is 51.7. The van der Waals surface area contributed by atoms with Gasteiger partial charge in [-0.2, -0.15) is 0 Å². The molecule has 0 radical (unpaired) electrons. The van der Waals surface area contributed by atoms with Crippen molar-refractivity contribution < 1.29 is 75.6 Å². The molecule has 8 fully saturated rings. The predicted octanol–water partition coefficient (Wildman–Crippen LogP) is 18.4. The smallest absolute Gasteiger partial charge is 0.312 e. The van der Waals surface area contributed by atoms with E-state index in [1.807, 2.05) is 113 Å². The van der Waals surface area contributed by atoms with Gasteiger partial charge in [0.05, 0.1) is 102 Å². The average molecular weight is 2010 g/mol. The van der Waals surface area contributed by atoms with Gasteiger partial charge in [0.15, 0.2) is 0 Å². The summed E-state index contributed by atoms with van der Waals surface area (Å²) < 4.78 is 67.6. The Morgan fingerprint density at radius 1 is 0.390 bits per heavy atom. The summed E-state index contributed by atoms with van der Waals surface area (Å²) >= 11 is 0. The Balaban J connectivity index is 0.000000144. The highest BCUT2D eigenvalue weighted by Gasteiger charge is 2.48. The molecule has 4 unspecified atom stereocenters. The van der Waals surface area contributed by atoms with Crippen LogP contribution in [-0.4, -0.2) is 237 Å². The van der Waals surface area contributed by atoms with Gasteiger partial charge in [0.1, 0.15) is 34.8 Å². The summed E-state index contributed by atoms with van der Waals surface area (Å²) in [4.78, 5) is 150. The molecule has 5 aromatic carbocycles. The highest BCUT2D eigenvalue weighted by atomic mass is 19.3. The third-order valence-corrected chi connectivity index (χ3v) is 29.9. The topological polar surface area (TPSA) is 384 Å². The van der Waals surface area contributed by atoms with Crippen LogP contribution in [0.3, 0.4) is 0 Å². The molecule has 6 saturated heterocycles. The largest absolute Gasteiger partial charge is 0.396 e. The lowest BCUT2D eigenvalue weighted by Crippen LogP contribution is -2.50. The Kier molecular flexibility index (Phi) is 35.2. The first kappa shape index (κ1) is 109. The fourth-order valence-corrected chi connectivity index (χ4v) is 20.7. The molecule has 10 aromatic rings. The number of amides is 8. The maximum atomic E-state index is 14.0. The molecule has 5 aromatic heterocycles. The summed E-state index contributed by atoms with van der Waals surface area (Å²) in [5.41, 5.74) is 13.7. The Bertz CT molecular complexity index is 5570. The zero-order valence-corrected chi connectivity index (χ0v) is 86.6. The number of hydrogen-bond acceptors (Lipinski definition) is 16. The Hall–Kier alpha value is -12.6. The number of halogens is 5. The van der Waals surface area contributed by atoms with E-state index in [0.29, 0.717) is 42.8 Å². The van der Waals surface area contributed by atoms with Crippen molar-refractivity contribution in [3.63, 3.8) is 0 Å². The van der Waals surface area contributed by atoms with Crippen molar-refractivity contribution in [1.29, 1.82) is 0 Å². The molecular weight excluding hydrogens is 1870 g/mol. The number of aryl methyl sites for hydroxylation is 5. The zero-order chi connectivity index (χ0) is 105. The number of carbonyl (C=O) groups is 8. The number of hydrogen-bond donors (Lipinski definition) is 10. The highest BCUT2D eigenvalue weighted by molar-refractivity contribution is 6.36. The summed E-state index contributed by atoms with van der Waals surface area (Å²) in [6.07, 6.45) is 16.9. The highest BCUT2D eigenvalue weighted by Crippen LogP contribution is 2.43. The van der Waals surface area contributed by atoms with Crippen molar-refractivity contribution in [1.82, 2.24) is 89.9 Å². The molecule has 146 heavy (non-hydrogen) atoms. The minimum Gasteiger partial charge on any atom is -0.396 e. The molecule has 2 saturated carbocycles. The maximum Gasteiger partial charge on any atom is 0.312 e. The van der Waals surface area contributed by atoms with E-state index in [2.05, 4.69) is 171 Å². The molecule has 2 aliphatic carbocycles. The maximum absolute atomic E-state index is 14.0. The number of aromatic nitrogens is 10. The van der Waals surface area contributed by atoms with Gasteiger partial charge in [-0.15, -0.1) is 0 Å². The average Bonchev–Trinajstić information content (AvgIpc) is 1.65. The van der Waals surface area contributed by atoms with Gasteiger partial charge >= 0.3 is 35.4 Å². The number of aliphatic hydroxyl groups is 3. The van der Waals surface area contributed by atoms with Gasteiger partial charge in [0.25, 0.3) is 11.8 Å². The number of β-amino-alcohol motifs (C(OH)–C–C–N with tert-alkyl or cyclic N) is 2.